The molecule has 0 aliphatic carbocycles. The van der Waals surface area contributed by atoms with Crippen LogP contribution in [0.15, 0.2) is 52.9 Å². The molecule has 1 aliphatic rings. The summed E-state index contributed by atoms with van der Waals surface area (Å²) in [5.41, 5.74) is 3.72. The lowest BCUT2D eigenvalue weighted by atomic mass is 10.0. The first-order valence-corrected chi connectivity index (χ1v) is 9.10. The second-order valence-corrected chi connectivity index (χ2v) is 6.89. The van der Waals surface area contributed by atoms with E-state index in [1.807, 2.05) is 36.4 Å². The average Bonchev–Trinajstić information content (AvgIpc) is 3.31. The molecule has 0 bridgehead atoms. The number of benzene rings is 2. The molecule has 3 aromatic rings. The molecular weight excluding hydrogens is 327 g/mol. The molecule has 0 N–H and O–H groups in total. The van der Waals surface area contributed by atoms with Crippen molar-refractivity contribution in [1.82, 2.24) is 4.90 Å². The monoisotopic (exact) mass is 348 g/mol. The Labute approximate surface area is 152 Å². The topological polar surface area (TPSA) is 40.2 Å². The molecule has 1 aliphatic heterocycles. The van der Waals surface area contributed by atoms with Crippen LogP contribution in [0, 0.1) is 11.3 Å². The van der Waals surface area contributed by atoms with Crippen molar-refractivity contribution >= 4 is 11.0 Å². The predicted molar refractivity (Wildman–Crippen MR) is 101 cm³/mol. The fourth-order valence-electron chi connectivity index (χ4n) is 3.76. The highest BCUT2D eigenvalue weighted by Gasteiger charge is 2.24. The Hall–Kier alpha value is -2.64. The predicted octanol–water partition coefficient (Wildman–Crippen LogP) is 4.95. The number of nitrogens with zero attached hydrogens (tertiary/aromatic N) is 2. The number of likely N-dealkylation sites (tertiary alicyclic amines) is 1. The van der Waals surface area contributed by atoms with Gasteiger partial charge in [0.1, 0.15) is 18.0 Å². The maximum absolute atomic E-state index is 13.0. The maximum atomic E-state index is 13.0. The van der Waals surface area contributed by atoms with Crippen LogP contribution in [0.5, 0.6) is 0 Å². The van der Waals surface area contributed by atoms with Crippen molar-refractivity contribution < 1.29 is 8.81 Å². The smallest absolute Gasteiger partial charge is 0.134 e. The highest BCUT2D eigenvalue weighted by atomic mass is 19.1. The van der Waals surface area contributed by atoms with Gasteiger partial charge in [-0.25, -0.2) is 4.39 Å². The van der Waals surface area contributed by atoms with Gasteiger partial charge < -0.3 is 4.42 Å². The number of alkyl halides is 1. The van der Waals surface area contributed by atoms with Gasteiger partial charge in [-0.2, -0.15) is 5.26 Å². The molecule has 4 rings (SSSR count). The van der Waals surface area contributed by atoms with E-state index in [2.05, 4.69) is 23.1 Å². The van der Waals surface area contributed by atoms with Crippen molar-refractivity contribution in [3.63, 3.8) is 0 Å². The summed E-state index contributed by atoms with van der Waals surface area (Å²) in [6.07, 6.45) is 2.85. The minimum Gasteiger partial charge on any atom is -0.461 e. The summed E-state index contributed by atoms with van der Waals surface area (Å²) in [7, 11) is 0. The lowest BCUT2D eigenvalue weighted by Crippen LogP contribution is -2.32. The molecule has 0 amide bonds. The summed E-state index contributed by atoms with van der Waals surface area (Å²) >= 11 is 0. The zero-order chi connectivity index (χ0) is 17.9. The van der Waals surface area contributed by atoms with E-state index in [0.29, 0.717) is 5.56 Å². The summed E-state index contributed by atoms with van der Waals surface area (Å²) in [6.45, 7) is 1.57. The Morgan fingerprint density at radius 2 is 1.92 bits per heavy atom. The number of halogens is 1. The zero-order valence-corrected chi connectivity index (χ0v) is 14.6. The number of hydrogen-bond donors (Lipinski definition) is 0. The largest absolute Gasteiger partial charge is 0.461 e. The van der Waals surface area contributed by atoms with Gasteiger partial charge in [0.15, 0.2) is 0 Å². The van der Waals surface area contributed by atoms with Crippen LogP contribution in [-0.4, -0.2) is 30.7 Å². The first-order valence-electron chi connectivity index (χ1n) is 9.10. The minimum atomic E-state index is -0.256. The number of rotatable bonds is 5. The average molecular weight is 348 g/mol. The van der Waals surface area contributed by atoms with Crippen LogP contribution in [0.4, 0.5) is 4.39 Å². The molecule has 1 saturated heterocycles. The van der Waals surface area contributed by atoms with Crippen LogP contribution in [0.25, 0.3) is 22.1 Å². The van der Waals surface area contributed by atoms with Gasteiger partial charge in [-0.3, -0.25) is 4.90 Å². The Bertz CT molecular complexity index is 939. The third-order valence-electron chi connectivity index (χ3n) is 5.24. The summed E-state index contributed by atoms with van der Waals surface area (Å²) in [5.74, 6) is 0.946. The van der Waals surface area contributed by atoms with E-state index in [1.165, 1.54) is 0 Å². The Morgan fingerprint density at radius 1 is 1.12 bits per heavy atom. The summed E-state index contributed by atoms with van der Waals surface area (Å²) < 4.78 is 19.0. The van der Waals surface area contributed by atoms with E-state index in [-0.39, 0.29) is 12.7 Å². The Kier molecular flexibility index (Phi) is 4.73. The summed E-state index contributed by atoms with van der Waals surface area (Å²) in [5, 5.41) is 9.99. The van der Waals surface area contributed by atoms with Crippen molar-refractivity contribution in [2.45, 2.75) is 25.3 Å². The second-order valence-electron chi connectivity index (χ2n) is 6.89. The van der Waals surface area contributed by atoms with Gasteiger partial charge in [-0.15, -0.1) is 0 Å². The normalized spacial score (nSPS) is 17.6. The van der Waals surface area contributed by atoms with Gasteiger partial charge in [0, 0.05) is 24.4 Å². The van der Waals surface area contributed by atoms with Crippen molar-refractivity contribution in [3.05, 3.63) is 59.9 Å². The van der Waals surface area contributed by atoms with Gasteiger partial charge in [0.2, 0.25) is 0 Å². The fraction of sp³-hybridized carbons (Fsp3) is 0.318. The second kappa shape index (κ2) is 7.31. The lowest BCUT2D eigenvalue weighted by molar-refractivity contribution is 0.214. The molecule has 1 fully saturated rings. The maximum Gasteiger partial charge on any atom is 0.134 e. The number of fused-ring (bicyclic) bond motifs is 1. The Balaban J connectivity index is 1.51. The highest BCUT2D eigenvalue weighted by Crippen LogP contribution is 2.27. The molecule has 132 valence electrons. The van der Waals surface area contributed by atoms with Gasteiger partial charge in [-0.05, 0) is 60.8 Å². The van der Waals surface area contributed by atoms with Crippen molar-refractivity contribution in [2.75, 3.05) is 19.8 Å². The van der Waals surface area contributed by atoms with E-state index in [1.54, 1.807) is 0 Å². The fourth-order valence-corrected chi connectivity index (χ4v) is 3.76. The van der Waals surface area contributed by atoms with E-state index in [4.69, 9.17) is 9.68 Å². The van der Waals surface area contributed by atoms with E-state index in [0.717, 1.165) is 60.2 Å². The summed E-state index contributed by atoms with van der Waals surface area (Å²) in [4.78, 5) is 2.23. The van der Waals surface area contributed by atoms with Gasteiger partial charge in [0.25, 0.3) is 0 Å². The van der Waals surface area contributed by atoms with Crippen LogP contribution < -0.4 is 0 Å². The van der Waals surface area contributed by atoms with Crippen molar-refractivity contribution in [1.29, 1.82) is 5.26 Å². The van der Waals surface area contributed by atoms with E-state index < -0.39 is 0 Å². The quantitative estimate of drug-likeness (QED) is 0.655. The molecule has 0 saturated carbocycles. The molecule has 3 nitrogen and oxygen atoms in total. The van der Waals surface area contributed by atoms with Crippen LogP contribution in [-0.2, 0) is 6.42 Å². The molecule has 4 heteroatoms. The van der Waals surface area contributed by atoms with Gasteiger partial charge in [0.05, 0.1) is 11.6 Å². The molecule has 26 heavy (non-hydrogen) atoms. The molecule has 0 radical (unpaired) electrons. The van der Waals surface area contributed by atoms with Crippen molar-refractivity contribution in [2.24, 2.45) is 0 Å². The van der Waals surface area contributed by atoms with Gasteiger partial charge >= 0.3 is 0 Å². The van der Waals surface area contributed by atoms with Crippen molar-refractivity contribution in [3.8, 4) is 17.2 Å². The molecule has 2 heterocycles. The number of nitriles is 1. The molecular formula is C22H21FN2O. The van der Waals surface area contributed by atoms with Crippen LogP contribution in [0.2, 0.25) is 0 Å². The molecule has 1 atom stereocenters. The molecule has 0 spiro atoms. The third kappa shape index (κ3) is 3.36. The van der Waals surface area contributed by atoms with E-state index in [9.17, 15) is 4.39 Å². The van der Waals surface area contributed by atoms with Crippen LogP contribution in [0.1, 0.15) is 24.2 Å². The first kappa shape index (κ1) is 16.8. The van der Waals surface area contributed by atoms with Crippen LogP contribution >= 0.6 is 0 Å². The Morgan fingerprint density at radius 3 is 2.69 bits per heavy atom. The summed E-state index contributed by atoms with van der Waals surface area (Å²) in [6, 6.07) is 18.0. The van der Waals surface area contributed by atoms with Crippen LogP contribution in [0.3, 0.4) is 0 Å². The first-order chi connectivity index (χ1) is 12.8. The molecule has 2 aromatic carbocycles. The molecule has 0 unspecified atom stereocenters. The minimum absolute atomic E-state index is 0.0855. The number of furan rings is 1. The lowest BCUT2D eigenvalue weighted by Gasteiger charge is -2.20. The standard InChI is InChI=1S/C22H21FN2O/c23-14-20-2-1-10-25(20)11-9-21-13-19-12-18(7-8-22(19)26-21)17-5-3-16(15-24)4-6-17/h3-8,12-13,20H,1-2,9-11,14H2/t20-/m0/s1. The zero-order valence-electron chi connectivity index (χ0n) is 14.6. The highest BCUT2D eigenvalue weighted by molar-refractivity contribution is 5.84. The SMILES string of the molecule is N#Cc1ccc(-c2ccc3oc(CCN4CCC[C@H]4CF)cc3c2)cc1. The van der Waals surface area contributed by atoms with E-state index >= 15 is 0 Å². The third-order valence-corrected chi connectivity index (χ3v) is 5.24. The molecule has 1 aromatic heterocycles. The number of hydrogen-bond acceptors (Lipinski definition) is 3. The van der Waals surface area contributed by atoms with Gasteiger partial charge in [-0.1, -0.05) is 18.2 Å².